The van der Waals surface area contributed by atoms with Crippen molar-refractivity contribution in [1.82, 2.24) is 15.3 Å². The van der Waals surface area contributed by atoms with Gasteiger partial charge < -0.3 is 15.4 Å². The van der Waals surface area contributed by atoms with Crippen LogP contribution in [0.5, 0.6) is 5.75 Å². The fourth-order valence-corrected chi connectivity index (χ4v) is 4.78. The van der Waals surface area contributed by atoms with Crippen LogP contribution in [0.3, 0.4) is 0 Å². The van der Waals surface area contributed by atoms with Gasteiger partial charge in [-0.2, -0.15) is 0 Å². The number of halogens is 1. The fraction of sp³-hybridized carbons (Fsp3) is 0.250. The summed E-state index contributed by atoms with van der Waals surface area (Å²) in [5, 5.41) is 13.7. The molecule has 3 N–H and O–H groups in total. The molecule has 0 spiro atoms. The number of hydrogen-bond donors (Lipinski definition) is 3. The molecule has 0 aliphatic carbocycles. The maximum absolute atomic E-state index is 14.5. The molecule has 4 rings (SSSR count). The summed E-state index contributed by atoms with van der Waals surface area (Å²) in [6.45, 7) is 1.45. The number of sulfone groups is 1. The second-order valence-electron chi connectivity index (χ2n) is 7.05. The minimum Gasteiger partial charge on any atom is -0.495 e. The number of fused-ring (bicyclic) bond motifs is 1. The molecule has 0 bridgehead atoms. The first kappa shape index (κ1) is 20.0. The third-order valence-electron chi connectivity index (χ3n) is 5.12. The summed E-state index contributed by atoms with van der Waals surface area (Å²) in [6, 6.07) is 7.10. The van der Waals surface area contributed by atoms with E-state index in [0.717, 1.165) is 5.39 Å². The van der Waals surface area contributed by atoms with Crippen molar-refractivity contribution in [2.75, 3.05) is 18.2 Å². The Balaban J connectivity index is 1.68. The smallest absolute Gasteiger partial charge is 0.162 e. The largest absolute Gasteiger partial charge is 0.495 e. The van der Waals surface area contributed by atoms with Crippen molar-refractivity contribution in [2.45, 2.75) is 18.2 Å². The Hall–Kier alpha value is -3.27. The number of hydrogen-bond acceptors (Lipinski definition) is 7. The zero-order valence-corrected chi connectivity index (χ0v) is 17.1. The van der Waals surface area contributed by atoms with Crippen LogP contribution < -0.4 is 15.4 Å². The predicted octanol–water partition coefficient (Wildman–Crippen LogP) is 2.95. The molecule has 1 aliphatic heterocycles. The van der Waals surface area contributed by atoms with Gasteiger partial charge in [0, 0.05) is 22.8 Å². The van der Waals surface area contributed by atoms with Crippen LogP contribution in [0.15, 0.2) is 42.7 Å². The summed E-state index contributed by atoms with van der Waals surface area (Å²) in [7, 11) is -1.98. The summed E-state index contributed by atoms with van der Waals surface area (Å²) >= 11 is 0. The molecule has 1 fully saturated rings. The first-order chi connectivity index (χ1) is 14.3. The van der Waals surface area contributed by atoms with Crippen molar-refractivity contribution in [1.29, 1.82) is 5.41 Å². The Labute approximate surface area is 172 Å². The van der Waals surface area contributed by atoms with Crippen LogP contribution in [-0.4, -0.2) is 42.3 Å². The molecule has 0 radical (unpaired) electrons. The highest BCUT2D eigenvalue weighted by molar-refractivity contribution is 7.92. The number of anilines is 2. The maximum atomic E-state index is 14.5. The van der Waals surface area contributed by atoms with E-state index in [1.54, 1.807) is 25.6 Å². The van der Waals surface area contributed by atoms with Crippen LogP contribution >= 0.6 is 0 Å². The molecule has 0 saturated carbocycles. The summed E-state index contributed by atoms with van der Waals surface area (Å²) in [6.07, 6.45) is 3.20. The maximum Gasteiger partial charge on any atom is 0.162 e. The molecule has 2 atom stereocenters. The SMILES string of the molecule is COc1cnc2c(Nc3ccc(F)c(C4CS(=O)(=O)C(C)C(=N)N4)c3)nccc2c1. The summed E-state index contributed by atoms with van der Waals surface area (Å²) in [5.74, 6) is 0.107. The third kappa shape index (κ3) is 3.65. The molecule has 2 aromatic heterocycles. The zero-order valence-electron chi connectivity index (χ0n) is 16.3. The van der Waals surface area contributed by atoms with E-state index < -0.39 is 26.9 Å². The van der Waals surface area contributed by atoms with E-state index in [9.17, 15) is 12.8 Å². The number of methoxy groups -OCH3 is 1. The van der Waals surface area contributed by atoms with E-state index in [1.807, 2.05) is 6.07 Å². The zero-order chi connectivity index (χ0) is 21.5. The van der Waals surface area contributed by atoms with Crippen LogP contribution in [0.25, 0.3) is 10.9 Å². The third-order valence-corrected chi connectivity index (χ3v) is 7.23. The van der Waals surface area contributed by atoms with Crippen LogP contribution in [-0.2, 0) is 9.84 Å². The van der Waals surface area contributed by atoms with Crippen molar-refractivity contribution >= 4 is 38.1 Å². The van der Waals surface area contributed by atoms with Gasteiger partial charge in [0.05, 0.1) is 25.1 Å². The van der Waals surface area contributed by atoms with Gasteiger partial charge in [-0.05, 0) is 37.3 Å². The standard InChI is InChI=1S/C20H20FN5O3S/c1-11-19(22)26-17(10-30(11,27)28)15-8-13(3-4-16(15)21)25-20-18-12(5-6-23-20)7-14(29-2)9-24-18/h3-9,11,17H,10H2,1-2H3,(H2,22,26)(H,23,25). The van der Waals surface area contributed by atoms with Crippen molar-refractivity contribution in [3.05, 3.63) is 54.1 Å². The van der Waals surface area contributed by atoms with Gasteiger partial charge >= 0.3 is 0 Å². The summed E-state index contributed by atoms with van der Waals surface area (Å²) < 4.78 is 44.4. The van der Waals surface area contributed by atoms with Crippen molar-refractivity contribution in [3.8, 4) is 5.75 Å². The highest BCUT2D eigenvalue weighted by Crippen LogP contribution is 2.30. The van der Waals surface area contributed by atoms with Gasteiger partial charge in [-0.15, -0.1) is 0 Å². The number of amidine groups is 1. The normalized spacial score (nSPS) is 20.6. The Morgan fingerprint density at radius 2 is 2.07 bits per heavy atom. The van der Waals surface area contributed by atoms with E-state index in [2.05, 4.69) is 20.6 Å². The van der Waals surface area contributed by atoms with E-state index in [0.29, 0.717) is 22.8 Å². The average Bonchev–Trinajstić information content (AvgIpc) is 2.72. The number of benzene rings is 1. The lowest BCUT2D eigenvalue weighted by Crippen LogP contribution is -2.49. The summed E-state index contributed by atoms with van der Waals surface area (Å²) in [4.78, 5) is 8.68. The van der Waals surface area contributed by atoms with Crippen molar-refractivity contribution in [3.63, 3.8) is 0 Å². The lowest BCUT2D eigenvalue weighted by molar-refractivity contribution is 0.414. The van der Waals surface area contributed by atoms with Crippen molar-refractivity contribution in [2.24, 2.45) is 0 Å². The number of rotatable bonds is 4. The average molecular weight is 429 g/mol. The molecule has 1 saturated heterocycles. The van der Waals surface area contributed by atoms with Gasteiger partial charge in [-0.1, -0.05) is 0 Å². The molecule has 30 heavy (non-hydrogen) atoms. The lowest BCUT2D eigenvalue weighted by Gasteiger charge is -2.30. The first-order valence-electron chi connectivity index (χ1n) is 9.20. The molecule has 3 aromatic rings. The predicted molar refractivity (Wildman–Crippen MR) is 113 cm³/mol. The van der Waals surface area contributed by atoms with Gasteiger partial charge in [0.15, 0.2) is 15.7 Å². The second-order valence-corrected chi connectivity index (χ2v) is 9.42. The quantitative estimate of drug-likeness (QED) is 0.584. The molecule has 2 unspecified atom stereocenters. The second kappa shape index (κ2) is 7.52. The molecule has 156 valence electrons. The minimum atomic E-state index is -3.54. The van der Waals surface area contributed by atoms with Gasteiger partial charge in [0.2, 0.25) is 0 Å². The van der Waals surface area contributed by atoms with E-state index in [4.69, 9.17) is 10.1 Å². The van der Waals surface area contributed by atoms with Crippen LogP contribution in [0, 0.1) is 11.2 Å². The van der Waals surface area contributed by atoms with Crippen LogP contribution in [0.2, 0.25) is 0 Å². The van der Waals surface area contributed by atoms with Gasteiger partial charge in [-0.3, -0.25) is 5.41 Å². The Morgan fingerprint density at radius 3 is 2.80 bits per heavy atom. The number of nitrogens with zero attached hydrogens (tertiary/aromatic N) is 2. The monoisotopic (exact) mass is 429 g/mol. The van der Waals surface area contributed by atoms with E-state index in [1.165, 1.54) is 25.1 Å². The van der Waals surface area contributed by atoms with E-state index >= 15 is 0 Å². The molecule has 3 heterocycles. The molecular weight excluding hydrogens is 409 g/mol. The van der Waals surface area contributed by atoms with Crippen molar-refractivity contribution < 1.29 is 17.5 Å². The number of ether oxygens (including phenoxy) is 1. The molecule has 8 nitrogen and oxygen atoms in total. The number of pyridine rings is 2. The molecule has 0 amide bonds. The highest BCUT2D eigenvalue weighted by atomic mass is 32.2. The summed E-state index contributed by atoms with van der Waals surface area (Å²) in [5.41, 5.74) is 1.29. The van der Waals surface area contributed by atoms with Gasteiger partial charge in [0.25, 0.3) is 0 Å². The topological polar surface area (TPSA) is 117 Å². The first-order valence-corrected chi connectivity index (χ1v) is 10.9. The Kier molecular flexibility index (Phi) is 5.02. The molecular formula is C20H20FN5O3S. The van der Waals surface area contributed by atoms with E-state index in [-0.39, 0.29) is 17.2 Å². The van der Waals surface area contributed by atoms with Gasteiger partial charge in [-0.25, -0.2) is 22.8 Å². The fourth-order valence-electron chi connectivity index (χ4n) is 3.34. The molecule has 1 aromatic carbocycles. The van der Waals surface area contributed by atoms with Crippen LogP contribution in [0.4, 0.5) is 15.9 Å². The Bertz CT molecular complexity index is 1250. The lowest BCUT2D eigenvalue weighted by atomic mass is 10.1. The van der Waals surface area contributed by atoms with Gasteiger partial charge in [0.1, 0.15) is 28.2 Å². The number of aromatic nitrogens is 2. The van der Waals surface area contributed by atoms with Crippen LogP contribution in [0.1, 0.15) is 18.5 Å². The molecule has 10 heteroatoms. The Morgan fingerprint density at radius 1 is 1.27 bits per heavy atom. The number of nitrogens with one attached hydrogen (secondary N) is 3. The highest BCUT2D eigenvalue weighted by Gasteiger charge is 2.36. The minimum absolute atomic E-state index is 0.141. The molecule has 1 aliphatic rings.